The van der Waals surface area contributed by atoms with Crippen LogP contribution in [-0.4, -0.2) is 37.6 Å². The predicted molar refractivity (Wildman–Crippen MR) is 102 cm³/mol. The van der Waals surface area contributed by atoms with E-state index in [0.717, 1.165) is 17.7 Å². The number of rotatable bonds is 6. The number of hydrogen-bond acceptors (Lipinski definition) is 3. The molecule has 5 heteroatoms. The molecule has 1 aromatic carbocycles. The summed E-state index contributed by atoms with van der Waals surface area (Å²) >= 11 is 0. The molecule has 2 fully saturated rings. The number of hydrogen-bond donors (Lipinski definition) is 1. The summed E-state index contributed by atoms with van der Waals surface area (Å²) in [5.41, 5.74) is 2.02. The fraction of sp³-hybridized carbons (Fsp3) is 0.619. The standard InChI is InChI=1S/C21H30N2O3/c1-15-7-9-17(10-8-15)23-13-11-18(21(23)25)20(24)22-12-14-26-19-6-4-3-5-16(19)2/h7-10,16,18-19H,3-6,11-14H2,1-2H3,(H,22,24). The van der Waals surface area contributed by atoms with E-state index in [9.17, 15) is 9.59 Å². The maximum absolute atomic E-state index is 12.6. The molecular formula is C21H30N2O3. The second-order valence-corrected chi connectivity index (χ2v) is 7.63. The molecule has 0 aromatic heterocycles. The second-order valence-electron chi connectivity index (χ2n) is 7.63. The fourth-order valence-electron chi connectivity index (χ4n) is 3.94. The first kappa shape index (κ1) is 18.9. The SMILES string of the molecule is Cc1ccc(N2CCC(C(=O)NCCOC3CCCCC3C)C2=O)cc1. The minimum Gasteiger partial charge on any atom is -0.376 e. The van der Waals surface area contributed by atoms with Crippen LogP contribution in [0.3, 0.4) is 0 Å². The van der Waals surface area contributed by atoms with Gasteiger partial charge in [-0.2, -0.15) is 0 Å². The smallest absolute Gasteiger partial charge is 0.239 e. The number of amides is 2. The molecule has 1 aliphatic heterocycles. The number of carbonyl (C=O) groups is 2. The van der Waals surface area contributed by atoms with Crippen molar-refractivity contribution >= 4 is 17.5 Å². The molecule has 26 heavy (non-hydrogen) atoms. The lowest BCUT2D eigenvalue weighted by atomic mass is 9.88. The summed E-state index contributed by atoms with van der Waals surface area (Å²) in [7, 11) is 0. The van der Waals surface area contributed by atoms with Crippen LogP contribution in [0.2, 0.25) is 0 Å². The van der Waals surface area contributed by atoms with Crippen molar-refractivity contribution in [2.75, 3.05) is 24.6 Å². The molecule has 0 bridgehead atoms. The van der Waals surface area contributed by atoms with Gasteiger partial charge in [-0.25, -0.2) is 0 Å². The molecule has 1 saturated heterocycles. The van der Waals surface area contributed by atoms with Crippen LogP contribution in [0.4, 0.5) is 5.69 Å². The van der Waals surface area contributed by atoms with Crippen LogP contribution in [0.15, 0.2) is 24.3 Å². The summed E-state index contributed by atoms with van der Waals surface area (Å²) in [6.45, 7) is 5.83. The lowest BCUT2D eigenvalue weighted by Gasteiger charge is -2.28. The third kappa shape index (κ3) is 4.44. The number of benzene rings is 1. The third-order valence-corrected chi connectivity index (χ3v) is 5.63. The van der Waals surface area contributed by atoms with Crippen LogP contribution in [0.25, 0.3) is 0 Å². The minimum atomic E-state index is -0.579. The van der Waals surface area contributed by atoms with Crippen LogP contribution >= 0.6 is 0 Å². The Morgan fingerprint density at radius 1 is 1.19 bits per heavy atom. The maximum Gasteiger partial charge on any atom is 0.239 e. The molecule has 0 radical (unpaired) electrons. The molecular weight excluding hydrogens is 328 g/mol. The van der Waals surface area contributed by atoms with Gasteiger partial charge in [0.1, 0.15) is 5.92 Å². The van der Waals surface area contributed by atoms with Gasteiger partial charge in [0.05, 0.1) is 12.7 Å². The molecule has 2 aliphatic rings. The van der Waals surface area contributed by atoms with Crippen molar-refractivity contribution in [2.45, 2.75) is 52.1 Å². The molecule has 0 spiro atoms. The molecule has 3 unspecified atom stereocenters. The monoisotopic (exact) mass is 358 g/mol. The summed E-state index contributed by atoms with van der Waals surface area (Å²) in [4.78, 5) is 26.7. The molecule has 3 rings (SSSR count). The van der Waals surface area contributed by atoms with E-state index in [1.165, 1.54) is 19.3 Å². The van der Waals surface area contributed by atoms with Gasteiger partial charge >= 0.3 is 0 Å². The highest BCUT2D eigenvalue weighted by molar-refractivity contribution is 6.09. The van der Waals surface area contributed by atoms with Gasteiger partial charge in [0, 0.05) is 18.8 Å². The molecule has 3 atom stereocenters. The Labute approximate surface area is 156 Å². The van der Waals surface area contributed by atoms with Gasteiger partial charge in [-0.1, -0.05) is 37.5 Å². The fourth-order valence-corrected chi connectivity index (χ4v) is 3.94. The van der Waals surface area contributed by atoms with E-state index in [1.807, 2.05) is 31.2 Å². The van der Waals surface area contributed by atoms with Crippen LogP contribution in [-0.2, 0) is 14.3 Å². The Balaban J connectivity index is 1.43. The highest BCUT2D eigenvalue weighted by atomic mass is 16.5. The Morgan fingerprint density at radius 2 is 1.92 bits per heavy atom. The van der Waals surface area contributed by atoms with Crippen molar-refractivity contribution in [1.29, 1.82) is 0 Å². The van der Waals surface area contributed by atoms with E-state index in [1.54, 1.807) is 4.90 Å². The van der Waals surface area contributed by atoms with Crippen molar-refractivity contribution < 1.29 is 14.3 Å². The lowest BCUT2D eigenvalue weighted by molar-refractivity contribution is -0.132. The molecule has 1 heterocycles. The predicted octanol–water partition coefficient (Wildman–Crippen LogP) is 3.06. The molecule has 1 aromatic rings. The van der Waals surface area contributed by atoms with E-state index in [0.29, 0.717) is 38.1 Å². The van der Waals surface area contributed by atoms with Crippen molar-refractivity contribution in [1.82, 2.24) is 5.32 Å². The normalized spacial score (nSPS) is 26.2. The van der Waals surface area contributed by atoms with Gasteiger partial charge in [-0.05, 0) is 44.2 Å². The van der Waals surface area contributed by atoms with E-state index in [-0.39, 0.29) is 11.8 Å². The molecule has 5 nitrogen and oxygen atoms in total. The van der Waals surface area contributed by atoms with Crippen LogP contribution in [0, 0.1) is 18.8 Å². The lowest BCUT2D eigenvalue weighted by Crippen LogP contribution is -2.39. The topological polar surface area (TPSA) is 58.6 Å². The molecule has 1 aliphatic carbocycles. The largest absolute Gasteiger partial charge is 0.376 e. The zero-order valence-corrected chi connectivity index (χ0v) is 15.9. The van der Waals surface area contributed by atoms with Crippen LogP contribution in [0.5, 0.6) is 0 Å². The second kappa shape index (κ2) is 8.67. The highest BCUT2D eigenvalue weighted by Gasteiger charge is 2.37. The maximum atomic E-state index is 12.6. The number of aryl methyl sites for hydroxylation is 1. The van der Waals surface area contributed by atoms with E-state index < -0.39 is 5.92 Å². The van der Waals surface area contributed by atoms with E-state index in [4.69, 9.17) is 4.74 Å². The first-order valence-corrected chi connectivity index (χ1v) is 9.83. The number of nitrogens with zero attached hydrogens (tertiary/aromatic N) is 1. The Bertz CT molecular complexity index is 629. The minimum absolute atomic E-state index is 0.104. The van der Waals surface area contributed by atoms with Gasteiger partial charge in [-0.15, -0.1) is 0 Å². The Morgan fingerprint density at radius 3 is 2.65 bits per heavy atom. The molecule has 142 valence electrons. The summed E-state index contributed by atoms with van der Waals surface area (Å²) in [5.74, 6) is -0.262. The zero-order valence-electron chi connectivity index (χ0n) is 15.9. The summed E-state index contributed by atoms with van der Waals surface area (Å²) in [6, 6.07) is 7.85. The van der Waals surface area contributed by atoms with Gasteiger partial charge in [0.15, 0.2) is 0 Å². The number of ether oxygens (including phenoxy) is 1. The zero-order chi connectivity index (χ0) is 18.5. The first-order chi connectivity index (χ1) is 12.6. The van der Waals surface area contributed by atoms with Crippen molar-refractivity contribution in [2.24, 2.45) is 11.8 Å². The molecule has 2 amide bonds. The van der Waals surface area contributed by atoms with Crippen molar-refractivity contribution in [3.63, 3.8) is 0 Å². The Hall–Kier alpha value is -1.88. The third-order valence-electron chi connectivity index (χ3n) is 5.63. The average Bonchev–Trinajstić information content (AvgIpc) is 3.02. The first-order valence-electron chi connectivity index (χ1n) is 9.83. The highest BCUT2D eigenvalue weighted by Crippen LogP contribution is 2.27. The summed E-state index contributed by atoms with van der Waals surface area (Å²) in [6.07, 6.45) is 5.74. The van der Waals surface area contributed by atoms with Gasteiger partial charge in [-0.3, -0.25) is 9.59 Å². The number of anilines is 1. The number of nitrogens with one attached hydrogen (secondary N) is 1. The van der Waals surface area contributed by atoms with Gasteiger partial charge < -0.3 is 15.0 Å². The van der Waals surface area contributed by atoms with Gasteiger partial charge in [0.2, 0.25) is 11.8 Å². The van der Waals surface area contributed by atoms with Crippen LogP contribution < -0.4 is 10.2 Å². The Kier molecular flexibility index (Phi) is 6.30. The van der Waals surface area contributed by atoms with Crippen LogP contribution in [0.1, 0.15) is 44.6 Å². The van der Waals surface area contributed by atoms with E-state index in [2.05, 4.69) is 12.2 Å². The molecule has 1 N–H and O–H groups in total. The quantitative estimate of drug-likeness (QED) is 0.628. The molecule has 1 saturated carbocycles. The summed E-state index contributed by atoms with van der Waals surface area (Å²) < 4.78 is 5.93. The van der Waals surface area contributed by atoms with E-state index >= 15 is 0 Å². The number of carbonyl (C=O) groups excluding carboxylic acids is 2. The van der Waals surface area contributed by atoms with Gasteiger partial charge in [0.25, 0.3) is 0 Å². The van der Waals surface area contributed by atoms with Crippen molar-refractivity contribution in [3.05, 3.63) is 29.8 Å². The summed E-state index contributed by atoms with van der Waals surface area (Å²) in [5, 5.41) is 2.88. The van der Waals surface area contributed by atoms with Crippen molar-refractivity contribution in [3.8, 4) is 0 Å². The average molecular weight is 358 g/mol.